The van der Waals surface area contributed by atoms with E-state index in [-0.39, 0.29) is 5.75 Å². The summed E-state index contributed by atoms with van der Waals surface area (Å²) in [6, 6.07) is 0.452. The molecule has 114 valence electrons. The predicted octanol–water partition coefficient (Wildman–Crippen LogP) is 2.30. The Kier molecular flexibility index (Phi) is 5.27. The summed E-state index contributed by atoms with van der Waals surface area (Å²) in [4.78, 5) is 0. The van der Waals surface area contributed by atoms with Gasteiger partial charge in [-0.1, -0.05) is 13.3 Å². The van der Waals surface area contributed by atoms with Gasteiger partial charge in [0, 0.05) is 30.7 Å². The summed E-state index contributed by atoms with van der Waals surface area (Å²) in [5.74, 6) is 0.540. The number of hydrogen-bond acceptors (Lipinski definition) is 3. The standard InChI is InChI=1S/C15H26N2O2S/c1-3-20(18,19)10-6-9-17-11-13-7-4-5-8-15(16-2)14(13)12-17/h11-12,15-16H,3-10H2,1-2H3. The van der Waals surface area contributed by atoms with Gasteiger partial charge in [-0.25, -0.2) is 8.42 Å². The summed E-state index contributed by atoms with van der Waals surface area (Å²) in [6.07, 6.45) is 9.98. The fourth-order valence-electron chi connectivity index (χ4n) is 2.96. The molecule has 4 nitrogen and oxygen atoms in total. The minimum Gasteiger partial charge on any atom is -0.354 e. The van der Waals surface area contributed by atoms with Gasteiger partial charge in [0.1, 0.15) is 9.84 Å². The zero-order valence-electron chi connectivity index (χ0n) is 12.6. The average Bonchev–Trinajstić information content (AvgIpc) is 2.72. The van der Waals surface area contributed by atoms with Crippen molar-refractivity contribution in [2.75, 3.05) is 18.6 Å². The molecular weight excluding hydrogens is 272 g/mol. The Hall–Kier alpha value is -0.810. The maximum absolute atomic E-state index is 11.5. The van der Waals surface area contributed by atoms with E-state index in [9.17, 15) is 8.42 Å². The summed E-state index contributed by atoms with van der Waals surface area (Å²) in [7, 11) is -0.820. The number of nitrogens with zero attached hydrogens (tertiary/aromatic N) is 1. The predicted molar refractivity (Wildman–Crippen MR) is 82.7 cm³/mol. The lowest BCUT2D eigenvalue weighted by molar-refractivity contribution is 0.529. The highest BCUT2D eigenvalue weighted by Gasteiger charge is 2.19. The minimum absolute atomic E-state index is 0.247. The third kappa shape index (κ3) is 3.85. The van der Waals surface area contributed by atoms with E-state index in [2.05, 4.69) is 22.3 Å². The lowest BCUT2D eigenvalue weighted by Crippen LogP contribution is -2.15. The van der Waals surface area contributed by atoms with Gasteiger partial charge < -0.3 is 9.88 Å². The van der Waals surface area contributed by atoms with Gasteiger partial charge in [-0.15, -0.1) is 0 Å². The Morgan fingerprint density at radius 2 is 2.15 bits per heavy atom. The number of sulfone groups is 1. The summed E-state index contributed by atoms with van der Waals surface area (Å²) in [5.41, 5.74) is 2.84. The molecule has 20 heavy (non-hydrogen) atoms. The molecule has 1 atom stereocenters. The fourth-order valence-corrected chi connectivity index (χ4v) is 3.81. The van der Waals surface area contributed by atoms with Crippen LogP contribution in [0, 0.1) is 0 Å². The van der Waals surface area contributed by atoms with Crippen LogP contribution in [0.5, 0.6) is 0 Å². The highest BCUT2D eigenvalue weighted by molar-refractivity contribution is 7.91. The Labute approximate surface area is 122 Å². The number of aromatic nitrogens is 1. The number of rotatable bonds is 6. The molecule has 1 aromatic heterocycles. The van der Waals surface area contributed by atoms with Crippen LogP contribution in [0.25, 0.3) is 0 Å². The molecular formula is C15H26N2O2S. The van der Waals surface area contributed by atoms with Crippen molar-refractivity contribution in [2.45, 2.75) is 51.6 Å². The van der Waals surface area contributed by atoms with Crippen molar-refractivity contribution in [3.63, 3.8) is 0 Å². The first-order valence-electron chi connectivity index (χ1n) is 7.62. The van der Waals surface area contributed by atoms with Gasteiger partial charge in [-0.2, -0.15) is 0 Å². The van der Waals surface area contributed by atoms with Crippen LogP contribution >= 0.6 is 0 Å². The lowest BCUT2D eigenvalue weighted by Gasteiger charge is -2.13. The summed E-state index contributed by atoms with van der Waals surface area (Å²) < 4.78 is 25.2. The molecule has 2 rings (SSSR count). The van der Waals surface area contributed by atoms with Crippen LogP contribution < -0.4 is 5.32 Å². The SMILES string of the molecule is CCS(=O)(=O)CCCn1cc2c(c1)C(NC)CCCC2. The van der Waals surface area contributed by atoms with Gasteiger partial charge >= 0.3 is 0 Å². The second-order valence-corrected chi connectivity index (χ2v) is 8.13. The van der Waals surface area contributed by atoms with Crippen LogP contribution in [-0.2, 0) is 22.8 Å². The van der Waals surface area contributed by atoms with Crippen molar-refractivity contribution in [3.05, 3.63) is 23.5 Å². The first kappa shape index (κ1) is 15.6. The van der Waals surface area contributed by atoms with Crippen molar-refractivity contribution in [3.8, 4) is 0 Å². The van der Waals surface area contributed by atoms with E-state index < -0.39 is 9.84 Å². The molecule has 0 spiro atoms. The monoisotopic (exact) mass is 298 g/mol. The number of fused-ring (bicyclic) bond motifs is 1. The number of nitrogens with one attached hydrogen (secondary N) is 1. The van der Waals surface area contributed by atoms with Crippen LogP contribution in [0.15, 0.2) is 12.4 Å². The van der Waals surface area contributed by atoms with Crippen molar-refractivity contribution in [1.29, 1.82) is 0 Å². The summed E-state index contributed by atoms with van der Waals surface area (Å²) >= 11 is 0. The molecule has 0 amide bonds. The third-order valence-corrected chi connectivity index (χ3v) is 6.01. The van der Waals surface area contributed by atoms with E-state index in [0.717, 1.165) is 13.0 Å². The number of hydrogen-bond donors (Lipinski definition) is 1. The van der Waals surface area contributed by atoms with Gasteiger partial charge in [0.2, 0.25) is 0 Å². The largest absolute Gasteiger partial charge is 0.354 e. The molecule has 5 heteroatoms. The van der Waals surface area contributed by atoms with Gasteiger partial charge in [0.15, 0.2) is 0 Å². The number of aryl methyl sites for hydroxylation is 2. The van der Waals surface area contributed by atoms with E-state index in [1.807, 2.05) is 7.05 Å². The second-order valence-electron chi connectivity index (χ2n) is 5.65. The van der Waals surface area contributed by atoms with Crippen molar-refractivity contribution >= 4 is 9.84 Å². The molecule has 0 saturated heterocycles. The van der Waals surface area contributed by atoms with Gasteiger partial charge in [0.25, 0.3) is 0 Å². The highest BCUT2D eigenvalue weighted by atomic mass is 32.2. The maximum atomic E-state index is 11.5. The maximum Gasteiger partial charge on any atom is 0.150 e. The minimum atomic E-state index is -2.84. The molecule has 0 saturated carbocycles. The molecule has 1 unspecified atom stereocenters. The van der Waals surface area contributed by atoms with E-state index in [0.29, 0.717) is 18.2 Å². The van der Waals surface area contributed by atoms with Gasteiger partial charge in [-0.05, 0) is 43.9 Å². The van der Waals surface area contributed by atoms with Crippen molar-refractivity contribution < 1.29 is 8.42 Å². The van der Waals surface area contributed by atoms with Crippen LogP contribution in [0.3, 0.4) is 0 Å². The van der Waals surface area contributed by atoms with Gasteiger partial charge in [0.05, 0.1) is 5.75 Å². The van der Waals surface area contributed by atoms with Crippen LogP contribution in [0.1, 0.15) is 49.8 Å². The molecule has 1 heterocycles. The van der Waals surface area contributed by atoms with Crippen molar-refractivity contribution in [1.82, 2.24) is 9.88 Å². The molecule has 1 N–H and O–H groups in total. The Morgan fingerprint density at radius 3 is 2.85 bits per heavy atom. The highest BCUT2D eigenvalue weighted by Crippen LogP contribution is 2.29. The van der Waals surface area contributed by atoms with E-state index in [4.69, 9.17) is 0 Å². The quantitative estimate of drug-likeness (QED) is 0.820. The van der Waals surface area contributed by atoms with Gasteiger partial charge in [-0.3, -0.25) is 0 Å². The normalized spacial score (nSPS) is 19.6. The molecule has 0 aromatic carbocycles. The lowest BCUT2D eigenvalue weighted by atomic mass is 10.1. The smallest absolute Gasteiger partial charge is 0.150 e. The zero-order chi connectivity index (χ0) is 14.6. The second kappa shape index (κ2) is 6.76. The Bertz CT molecular complexity index is 534. The van der Waals surface area contributed by atoms with Crippen molar-refractivity contribution in [2.24, 2.45) is 0 Å². The first-order valence-corrected chi connectivity index (χ1v) is 9.44. The van der Waals surface area contributed by atoms with Crippen LogP contribution in [0.4, 0.5) is 0 Å². The molecule has 1 aliphatic carbocycles. The van der Waals surface area contributed by atoms with Crippen LogP contribution in [0.2, 0.25) is 0 Å². The Balaban J connectivity index is 2.01. The Morgan fingerprint density at radius 1 is 1.35 bits per heavy atom. The average molecular weight is 298 g/mol. The zero-order valence-corrected chi connectivity index (χ0v) is 13.4. The summed E-state index contributed by atoms with van der Waals surface area (Å²) in [6.45, 7) is 2.51. The summed E-state index contributed by atoms with van der Waals surface area (Å²) in [5, 5.41) is 3.39. The molecule has 0 radical (unpaired) electrons. The van der Waals surface area contributed by atoms with E-state index in [1.165, 1.54) is 30.4 Å². The van der Waals surface area contributed by atoms with E-state index >= 15 is 0 Å². The molecule has 1 aliphatic rings. The molecule has 0 bridgehead atoms. The first-order chi connectivity index (χ1) is 9.55. The van der Waals surface area contributed by atoms with Crippen LogP contribution in [-0.4, -0.2) is 31.5 Å². The fraction of sp³-hybridized carbons (Fsp3) is 0.733. The van der Waals surface area contributed by atoms with E-state index in [1.54, 1.807) is 6.92 Å². The topological polar surface area (TPSA) is 51.1 Å². The molecule has 1 aromatic rings. The molecule has 0 aliphatic heterocycles. The third-order valence-electron chi connectivity index (χ3n) is 4.22. The molecule has 0 fully saturated rings.